The molecule has 1 amide bonds. The fourth-order valence-corrected chi connectivity index (χ4v) is 3.54. The maximum Gasteiger partial charge on any atom is 0.416 e. The van der Waals surface area contributed by atoms with Crippen LogP contribution in [0.3, 0.4) is 0 Å². The highest BCUT2D eigenvalue weighted by atomic mass is 19.4. The Balaban J connectivity index is 1.40. The zero-order valence-electron chi connectivity index (χ0n) is 21.2. The summed E-state index contributed by atoms with van der Waals surface area (Å²) >= 11 is 0. The van der Waals surface area contributed by atoms with Crippen LogP contribution < -0.4 is 16.1 Å². The number of aromatic nitrogens is 4. The molecule has 2 aromatic rings. The van der Waals surface area contributed by atoms with Gasteiger partial charge in [-0.25, -0.2) is 13.2 Å². The zero-order valence-corrected chi connectivity index (χ0v) is 21.2. The van der Waals surface area contributed by atoms with Gasteiger partial charge in [0.1, 0.15) is 11.9 Å². The molecule has 1 saturated heterocycles. The van der Waals surface area contributed by atoms with Crippen molar-refractivity contribution in [3.05, 3.63) is 41.5 Å². The van der Waals surface area contributed by atoms with Crippen molar-refractivity contribution in [3.63, 3.8) is 0 Å². The molecule has 0 bridgehead atoms. The molecular weight excluding hydrogens is 550 g/mol. The monoisotopic (exact) mass is 578 g/mol. The lowest BCUT2D eigenvalue weighted by Crippen LogP contribution is -2.58. The topological polar surface area (TPSA) is 145 Å². The van der Waals surface area contributed by atoms with E-state index in [0.29, 0.717) is 0 Å². The smallest absolute Gasteiger partial charge is 0.373 e. The van der Waals surface area contributed by atoms with E-state index in [4.69, 9.17) is 0 Å². The minimum Gasteiger partial charge on any atom is -0.373 e. The quantitative estimate of drug-likeness (QED) is 0.0902. The van der Waals surface area contributed by atoms with Crippen LogP contribution in [0, 0.1) is 0 Å². The van der Waals surface area contributed by atoms with E-state index in [-0.39, 0.29) is 49.8 Å². The van der Waals surface area contributed by atoms with Gasteiger partial charge in [0.15, 0.2) is 12.1 Å². The standard InChI is InChI=1S/C22H28F6N10O2/c1-29-35-18(33-19(39)11-37-12-21(24,25)13-37)9-30-7-15(23)3-5-38-10-17(34-36-38)20(40)32-8-16-6-14(2-4-31-16)22(26,27)28/h2,4,6,9-10,15,20,29,32,40H,3,5,7-8,11-13H2,1H3,(H,33,35,39). The number of likely N-dealkylation sites (tertiary alicyclic amines) is 1. The third-order valence-electron chi connectivity index (χ3n) is 5.42. The van der Waals surface area contributed by atoms with Crippen LogP contribution in [-0.4, -0.2) is 93.3 Å². The van der Waals surface area contributed by atoms with Crippen molar-refractivity contribution in [1.29, 1.82) is 0 Å². The average Bonchev–Trinajstić information content (AvgIpc) is 3.34. The first-order valence-corrected chi connectivity index (χ1v) is 12.0. The van der Waals surface area contributed by atoms with Gasteiger partial charge in [0.2, 0.25) is 5.91 Å². The number of hydrogen-bond acceptors (Lipinski definition) is 10. The van der Waals surface area contributed by atoms with Crippen LogP contribution in [0.5, 0.6) is 0 Å². The van der Waals surface area contributed by atoms with Crippen LogP contribution in [0.1, 0.15) is 29.6 Å². The van der Waals surface area contributed by atoms with Gasteiger partial charge in [-0.15, -0.1) is 5.10 Å². The number of hydrazone groups is 1. The third-order valence-corrected chi connectivity index (χ3v) is 5.42. The summed E-state index contributed by atoms with van der Waals surface area (Å²) in [5.74, 6) is -3.38. The number of aliphatic hydroxyl groups excluding tert-OH is 1. The largest absolute Gasteiger partial charge is 0.416 e. The van der Waals surface area contributed by atoms with Crippen LogP contribution in [0.15, 0.2) is 34.6 Å². The molecule has 0 saturated carbocycles. The van der Waals surface area contributed by atoms with Crippen molar-refractivity contribution in [3.8, 4) is 0 Å². The van der Waals surface area contributed by atoms with Crippen LogP contribution >= 0.6 is 0 Å². The fourth-order valence-electron chi connectivity index (χ4n) is 3.54. The first-order chi connectivity index (χ1) is 18.8. The summed E-state index contributed by atoms with van der Waals surface area (Å²) in [6.07, 6.45) is -3.79. The van der Waals surface area contributed by atoms with E-state index in [1.54, 1.807) is 0 Å². The third kappa shape index (κ3) is 9.83. The number of nitrogens with one attached hydrogen (secondary N) is 3. The van der Waals surface area contributed by atoms with Gasteiger partial charge in [-0.1, -0.05) is 5.21 Å². The van der Waals surface area contributed by atoms with Gasteiger partial charge < -0.3 is 15.8 Å². The summed E-state index contributed by atoms with van der Waals surface area (Å²) in [7, 11) is 1.47. The number of aliphatic hydroxyl groups is 1. The number of rotatable bonds is 13. The molecule has 4 N–H and O–H groups in total. The molecule has 220 valence electrons. The molecule has 0 spiro atoms. The Labute approximate surface area is 224 Å². The summed E-state index contributed by atoms with van der Waals surface area (Å²) in [5.41, 5.74) is 1.72. The molecule has 12 nitrogen and oxygen atoms in total. The number of halogens is 6. The number of amides is 1. The molecule has 0 aliphatic carbocycles. The Kier molecular flexibility index (Phi) is 10.5. The number of hydrogen-bond donors (Lipinski definition) is 4. The van der Waals surface area contributed by atoms with E-state index < -0.39 is 49.1 Å². The summed E-state index contributed by atoms with van der Waals surface area (Å²) in [6.45, 7) is -1.61. The minimum atomic E-state index is -4.52. The van der Waals surface area contributed by atoms with E-state index in [0.717, 1.165) is 24.5 Å². The molecule has 1 aliphatic rings. The molecular formula is C22H28F6N10O2. The molecule has 0 radical (unpaired) electrons. The normalized spacial score (nSPS) is 17.4. The molecule has 1 fully saturated rings. The van der Waals surface area contributed by atoms with Crippen molar-refractivity contribution >= 4 is 18.0 Å². The average molecular weight is 579 g/mol. The first-order valence-electron chi connectivity index (χ1n) is 12.0. The molecule has 3 heterocycles. The van der Waals surface area contributed by atoms with Gasteiger partial charge >= 0.3 is 6.18 Å². The van der Waals surface area contributed by atoms with E-state index >= 15 is 0 Å². The van der Waals surface area contributed by atoms with Gasteiger partial charge in [0.25, 0.3) is 5.92 Å². The van der Waals surface area contributed by atoms with Crippen LogP contribution in [0.4, 0.5) is 26.3 Å². The molecule has 2 aromatic heterocycles. The number of alkyl halides is 6. The number of carbonyl (C=O) groups excluding carboxylic acids is 1. The molecule has 40 heavy (non-hydrogen) atoms. The summed E-state index contributed by atoms with van der Waals surface area (Å²) in [6, 6.07) is 1.70. The Morgan fingerprint density at radius 1 is 1.32 bits per heavy atom. The number of carbonyl (C=O) groups is 1. The highest BCUT2D eigenvalue weighted by molar-refractivity contribution is 6.32. The Bertz CT molecular complexity index is 1180. The maximum atomic E-state index is 14.3. The Hall–Kier alpha value is -3.64. The van der Waals surface area contributed by atoms with E-state index in [1.807, 2.05) is 0 Å². The van der Waals surface area contributed by atoms with Crippen LogP contribution in [0.25, 0.3) is 0 Å². The second kappa shape index (κ2) is 13.6. The minimum absolute atomic E-state index is 0.0188. The molecule has 2 unspecified atom stereocenters. The van der Waals surface area contributed by atoms with Crippen molar-refractivity contribution in [2.45, 2.75) is 44.0 Å². The highest BCUT2D eigenvalue weighted by Gasteiger charge is 2.44. The number of aliphatic imine (C=N–C) groups is 1. The van der Waals surface area contributed by atoms with E-state index in [9.17, 15) is 36.2 Å². The predicted octanol–water partition coefficient (Wildman–Crippen LogP) is 0.872. The lowest BCUT2D eigenvalue weighted by Gasteiger charge is -2.37. The van der Waals surface area contributed by atoms with E-state index in [2.05, 4.69) is 41.4 Å². The van der Waals surface area contributed by atoms with Crippen LogP contribution in [0.2, 0.25) is 0 Å². The number of nitrogens with zero attached hydrogens (tertiary/aromatic N) is 7. The summed E-state index contributed by atoms with van der Waals surface area (Å²) in [4.78, 5) is 21.0. The van der Waals surface area contributed by atoms with Crippen molar-refractivity contribution in [2.75, 3.05) is 33.2 Å². The first kappa shape index (κ1) is 30.9. The Morgan fingerprint density at radius 2 is 2.08 bits per heavy atom. The predicted molar refractivity (Wildman–Crippen MR) is 130 cm³/mol. The molecule has 0 aromatic carbocycles. The highest BCUT2D eigenvalue weighted by Crippen LogP contribution is 2.29. The molecule has 2 atom stereocenters. The van der Waals surface area contributed by atoms with Gasteiger partial charge in [0, 0.05) is 32.8 Å². The number of pyridine rings is 1. The van der Waals surface area contributed by atoms with Gasteiger partial charge in [-0.2, -0.15) is 18.3 Å². The lowest BCUT2D eigenvalue weighted by molar-refractivity contribution is -0.143. The summed E-state index contributed by atoms with van der Waals surface area (Å²) < 4.78 is 79.8. The van der Waals surface area contributed by atoms with Gasteiger partial charge in [-0.3, -0.25) is 29.7 Å². The number of aryl methyl sites for hydroxylation is 1. The van der Waals surface area contributed by atoms with Crippen LogP contribution in [-0.2, 0) is 24.1 Å². The molecule has 3 rings (SSSR count). The maximum absolute atomic E-state index is 14.3. The van der Waals surface area contributed by atoms with Gasteiger partial charge in [0.05, 0.1) is 49.8 Å². The second-order valence-electron chi connectivity index (χ2n) is 8.87. The Morgan fingerprint density at radius 3 is 2.75 bits per heavy atom. The fraction of sp³-hybridized carbons (Fsp3) is 0.545. The molecule has 1 aliphatic heterocycles. The van der Waals surface area contributed by atoms with E-state index in [1.165, 1.54) is 22.8 Å². The van der Waals surface area contributed by atoms with Crippen molar-refractivity contribution in [1.82, 2.24) is 40.9 Å². The molecule has 18 heteroatoms. The summed E-state index contributed by atoms with van der Waals surface area (Å²) in [5, 5.41) is 26.6. The van der Waals surface area contributed by atoms with Crippen molar-refractivity contribution in [2.24, 2.45) is 10.1 Å². The lowest BCUT2D eigenvalue weighted by atomic mass is 10.1. The second-order valence-corrected chi connectivity index (χ2v) is 8.87. The number of amidine groups is 1. The van der Waals surface area contributed by atoms with Gasteiger partial charge in [-0.05, 0) is 12.1 Å². The zero-order chi connectivity index (χ0) is 29.3. The SMILES string of the molecule is CNN=C(C=NCC(F)CCn1cc(C(O)NCc2cc(C(F)(F)F)ccn2)nn1)NC(=O)CN1CC(F)(F)C1. The van der Waals surface area contributed by atoms with Crippen molar-refractivity contribution < 1.29 is 36.2 Å².